The van der Waals surface area contributed by atoms with E-state index >= 15 is 0 Å². The van der Waals surface area contributed by atoms with Gasteiger partial charge in [-0.25, -0.2) is 12.8 Å². The Balaban J connectivity index is 1.74. The molecule has 1 aliphatic carbocycles. The number of sulfonamides is 1. The molecule has 1 aliphatic heterocycles. The zero-order chi connectivity index (χ0) is 23.8. The number of benzene rings is 2. The third-order valence-electron chi connectivity index (χ3n) is 6.47. The van der Waals surface area contributed by atoms with E-state index in [0.29, 0.717) is 0 Å². The second-order valence-electron chi connectivity index (χ2n) is 9.00. The van der Waals surface area contributed by atoms with Crippen LogP contribution in [0.4, 0.5) is 10.1 Å². The van der Waals surface area contributed by atoms with Gasteiger partial charge in [-0.3, -0.25) is 14.5 Å². The molecular weight excluding hydrogens is 445 g/mol. The first kappa shape index (κ1) is 23.4. The second-order valence-corrected chi connectivity index (χ2v) is 10.9. The van der Waals surface area contributed by atoms with E-state index in [1.807, 2.05) is 6.92 Å². The summed E-state index contributed by atoms with van der Waals surface area (Å²) >= 11 is 0. The van der Waals surface area contributed by atoms with Crippen molar-refractivity contribution in [3.63, 3.8) is 0 Å². The van der Waals surface area contributed by atoms with Crippen LogP contribution < -0.4 is 10.2 Å². The van der Waals surface area contributed by atoms with E-state index in [1.54, 1.807) is 18.2 Å². The first-order valence-electron chi connectivity index (χ1n) is 11.1. The first-order chi connectivity index (χ1) is 15.6. The van der Waals surface area contributed by atoms with E-state index < -0.39 is 39.7 Å². The summed E-state index contributed by atoms with van der Waals surface area (Å²) in [5.41, 5.74) is -0.771. The van der Waals surface area contributed by atoms with Crippen LogP contribution in [0.15, 0.2) is 53.4 Å². The molecule has 7 nitrogen and oxygen atoms in total. The van der Waals surface area contributed by atoms with Crippen LogP contribution in [0.25, 0.3) is 0 Å². The summed E-state index contributed by atoms with van der Waals surface area (Å²) in [5, 5.41) is 2.97. The normalized spacial score (nSPS) is 22.5. The average molecular weight is 474 g/mol. The molecule has 0 aromatic heterocycles. The Labute approximate surface area is 193 Å². The quantitative estimate of drug-likeness (QED) is 0.723. The van der Waals surface area contributed by atoms with Crippen molar-refractivity contribution in [3.8, 4) is 0 Å². The van der Waals surface area contributed by atoms with Crippen LogP contribution in [0.3, 0.4) is 0 Å². The van der Waals surface area contributed by atoms with Gasteiger partial charge in [-0.1, -0.05) is 42.7 Å². The first-order valence-corrected chi connectivity index (χ1v) is 12.5. The molecule has 0 unspecified atom stereocenters. The summed E-state index contributed by atoms with van der Waals surface area (Å²) in [6, 6.07) is 12.0. The predicted molar refractivity (Wildman–Crippen MR) is 123 cm³/mol. The Morgan fingerprint density at radius 3 is 2.36 bits per heavy atom. The number of halogens is 1. The Bertz CT molecular complexity index is 1160. The van der Waals surface area contributed by atoms with Crippen molar-refractivity contribution < 1.29 is 22.4 Å². The van der Waals surface area contributed by atoms with Crippen LogP contribution in [0, 0.1) is 12.7 Å². The molecule has 1 saturated heterocycles. The Hall–Kier alpha value is -2.78. The molecule has 9 heteroatoms. The van der Waals surface area contributed by atoms with Gasteiger partial charge in [-0.05, 0) is 51.0 Å². The second kappa shape index (κ2) is 8.87. The number of piperazine rings is 1. The molecule has 1 heterocycles. The molecule has 0 bridgehead atoms. The zero-order valence-electron chi connectivity index (χ0n) is 18.8. The van der Waals surface area contributed by atoms with Crippen molar-refractivity contribution in [1.82, 2.24) is 9.62 Å². The van der Waals surface area contributed by atoms with Crippen LogP contribution >= 0.6 is 0 Å². The highest BCUT2D eigenvalue weighted by atomic mass is 32.2. The number of carbonyl (C=O) groups is 2. The molecule has 0 radical (unpaired) electrons. The molecule has 4 rings (SSSR count). The monoisotopic (exact) mass is 473 g/mol. The van der Waals surface area contributed by atoms with Crippen LogP contribution in [-0.2, 0) is 19.6 Å². The van der Waals surface area contributed by atoms with Gasteiger partial charge in [0.25, 0.3) is 0 Å². The van der Waals surface area contributed by atoms with Crippen LogP contribution in [0.1, 0.15) is 38.2 Å². The fourth-order valence-corrected chi connectivity index (χ4v) is 6.09. The highest BCUT2D eigenvalue weighted by Gasteiger charge is 2.52. The van der Waals surface area contributed by atoms with Crippen LogP contribution in [0.5, 0.6) is 0 Å². The molecule has 0 spiro atoms. The zero-order valence-corrected chi connectivity index (χ0v) is 19.6. The maximum Gasteiger partial charge on any atom is 0.247 e. The summed E-state index contributed by atoms with van der Waals surface area (Å²) in [7, 11) is -4.05. The molecular formula is C24H28FN3O4S. The lowest BCUT2D eigenvalue weighted by molar-refractivity contribution is -0.133. The fraction of sp³-hybridized carbons (Fsp3) is 0.417. The van der Waals surface area contributed by atoms with Gasteiger partial charge in [0.2, 0.25) is 21.8 Å². The van der Waals surface area contributed by atoms with E-state index in [-0.39, 0.29) is 23.2 Å². The van der Waals surface area contributed by atoms with Gasteiger partial charge < -0.3 is 5.32 Å². The van der Waals surface area contributed by atoms with Crippen molar-refractivity contribution in [2.75, 3.05) is 18.0 Å². The van der Waals surface area contributed by atoms with E-state index in [0.717, 1.165) is 40.5 Å². The van der Waals surface area contributed by atoms with E-state index in [9.17, 15) is 22.4 Å². The Kier molecular flexibility index (Phi) is 6.28. The number of amides is 2. The maximum absolute atomic E-state index is 14.7. The number of anilines is 1. The maximum atomic E-state index is 14.7. The molecule has 2 amide bonds. The minimum atomic E-state index is -4.05. The molecule has 33 heavy (non-hydrogen) atoms. The fourth-order valence-electron chi connectivity index (χ4n) is 4.61. The van der Waals surface area contributed by atoms with E-state index in [4.69, 9.17) is 0 Å². The van der Waals surface area contributed by atoms with Gasteiger partial charge >= 0.3 is 0 Å². The van der Waals surface area contributed by atoms with Gasteiger partial charge in [-0.15, -0.1) is 0 Å². The molecule has 1 N–H and O–H groups in total. The van der Waals surface area contributed by atoms with E-state index in [2.05, 4.69) is 5.32 Å². The predicted octanol–water partition coefficient (Wildman–Crippen LogP) is 2.99. The summed E-state index contributed by atoms with van der Waals surface area (Å²) in [6.07, 6.45) is 3.62. The number of nitrogens with one attached hydrogen (secondary N) is 1. The van der Waals surface area contributed by atoms with Crippen LogP contribution in [0.2, 0.25) is 0 Å². The number of carbonyl (C=O) groups excluding carboxylic acids is 2. The molecule has 2 aromatic carbocycles. The summed E-state index contributed by atoms with van der Waals surface area (Å²) in [5.74, 6) is -1.80. The van der Waals surface area contributed by atoms with Crippen LogP contribution in [-0.4, -0.2) is 49.2 Å². The largest absolute Gasteiger partial charge is 0.351 e. The van der Waals surface area contributed by atoms with Crippen molar-refractivity contribution >= 4 is 27.5 Å². The Morgan fingerprint density at radius 1 is 1.09 bits per heavy atom. The summed E-state index contributed by atoms with van der Waals surface area (Å²) < 4.78 is 42.5. The van der Waals surface area contributed by atoms with Gasteiger partial charge in [0.15, 0.2) is 0 Å². The van der Waals surface area contributed by atoms with Gasteiger partial charge in [0, 0.05) is 12.6 Å². The molecule has 2 fully saturated rings. The molecule has 1 atom stereocenters. The molecule has 2 aliphatic rings. The third kappa shape index (κ3) is 4.39. The lowest BCUT2D eigenvalue weighted by Crippen LogP contribution is -2.70. The van der Waals surface area contributed by atoms with Gasteiger partial charge in [0.1, 0.15) is 11.4 Å². The minimum absolute atomic E-state index is 0.0405. The highest BCUT2D eigenvalue weighted by Crippen LogP contribution is 2.34. The minimum Gasteiger partial charge on any atom is -0.351 e. The smallest absolute Gasteiger partial charge is 0.247 e. The SMILES string of the molecule is Cc1ccc(S(=O)(=O)N2CC(=O)N(c3ccccc3F)[C@@](C)(C(=O)NC3CCCC3)C2)cc1. The number of hydrogen-bond donors (Lipinski definition) is 1. The standard InChI is InChI=1S/C24H28FN3O4S/c1-17-11-13-19(14-12-17)33(31,32)27-15-22(29)28(21-10-6-5-9-20(21)25)24(2,16-27)23(30)26-18-7-3-4-8-18/h5-6,9-14,18H,3-4,7-8,15-16H2,1-2H3,(H,26,30)/t24-/m1/s1. The summed E-state index contributed by atoms with van der Waals surface area (Å²) in [4.78, 5) is 28.0. The average Bonchev–Trinajstić information content (AvgIpc) is 3.28. The lowest BCUT2D eigenvalue weighted by atomic mass is 9.94. The number of rotatable bonds is 5. The van der Waals surface area contributed by atoms with Gasteiger partial charge in [0.05, 0.1) is 17.1 Å². The topological polar surface area (TPSA) is 86.8 Å². The number of nitrogens with zero attached hydrogens (tertiary/aromatic N) is 2. The van der Waals surface area contributed by atoms with Gasteiger partial charge in [-0.2, -0.15) is 4.31 Å². The molecule has 176 valence electrons. The number of hydrogen-bond acceptors (Lipinski definition) is 4. The number of para-hydroxylation sites is 1. The van der Waals surface area contributed by atoms with Crippen molar-refractivity contribution in [3.05, 3.63) is 59.9 Å². The lowest BCUT2D eigenvalue weighted by Gasteiger charge is -2.47. The molecule has 1 saturated carbocycles. The highest BCUT2D eigenvalue weighted by molar-refractivity contribution is 7.89. The van der Waals surface area contributed by atoms with Crippen molar-refractivity contribution in [1.29, 1.82) is 0 Å². The van der Waals surface area contributed by atoms with E-state index in [1.165, 1.54) is 37.3 Å². The summed E-state index contributed by atoms with van der Waals surface area (Å²) in [6.45, 7) is 2.56. The Morgan fingerprint density at radius 2 is 1.73 bits per heavy atom. The molecule has 2 aromatic rings. The van der Waals surface area contributed by atoms with Crippen molar-refractivity contribution in [2.24, 2.45) is 0 Å². The third-order valence-corrected chi connectivity index (χ3v) is 8.28. The number of aryl methyl sites for hydroxylation is 1. The van der Waals surface area contributed by atoms with Crippen molar-refractivity contribution in [2.45, 2.75) is 56.0 Å².